The quantitative estimate of drug-likeness (QED) is 0.737. The predicted octanol–water partition coefficient (Wildman–Crippen LogP) is 5.05. The molecule has 2 aliphatic rings. The Morgan fingerprint density at radius 3 is 2.68 bits per heavy atom. The van der Waals surface area contributed by atoms with Gasteiger partial charge in [-0.25, -0.2) is 0 Å². The lowest BCUT2D eigenvalue weighted by atomic mass is 9.76. The Labute approximate surface area is 167 Å². The standard InChI is InChI=1S/C24H28N2O2/c1-24(2,3)26-23(27)15-12-13-20-19(14-15)16-9-7-10-17(16)22(25-20)18-8-5-6-11-21(18)28-4/h5-9,11-14,16-17,22,25H,10H2,1-4H3,(H,26,27). The van der Waals surface area contributed by atoms with Crippen molar-refractivity contribution < 1.29 is 9.53 Å². The highest BCUT2D eigenvalue weighted by molar-refractivity contribution is 5.95. The minimum absolute atomic E-state index is 0.0271. The third-order valence-electron chi connectivity index (χ3n) is 5.59. The first-order chi connectivity index (χ1) is 13.4. The highest BCUT2D eigenvalue weighted by atomic mass is 16.5. The van der Waals surface area contributed by atoms with Crippen LogP contribution in [-0.2, 0) is 0 Å². The number of methoxy groups -OCH3 is 1. The topological polar surface area (TPSA) is 50.4 Å². The van der Waals surface area contributed by atoms with Crippen molar-refractivity contribution in [2.45, 2.75) is 44.7 Å². The van der Waals surface area contributed by atoms with E-state index in [-0.39, 0.29) is 17.5 Å². The van der Waals surface area contributed by atoms with E-state index in [0.29, 0.717) is 17.4 Å². The summed E-state index contributed by atoms with van der Waals surface area (Å²) in [5.41, 5.74) is 3.94. The molecule has 3 unspecified atom stereocenters. The molecule has 0 bridgehead atoms. The smallest absolute Gasteiger partial charge is 0.251 e. The number of allylic oxidation sites excluding steroid dienone is 2. The Morgan fingerprint density at radius 1 is 1.14 bits per heavy atom. The molecular weight excluding hydrogens is 348 g/mol. The highest BCUT2D eigenvalue weighted by Crippen LogP contribution is 2.51. The lowest BCUT2D eigenvalue weighted by Gasteiger charge is -2.38. The molecule has 1 aliphatic carbocycles. The van der Waals surface area contributed by atoms with Crippen LogP contribution in [0.1, 0.15) is 60.6 Å². The summed E-state index contributed by atoms with van der Waals surface area (Å²) in [5.74, 6) is 1.59. The minimum Gasteiger partial charge on any atom is -0.496 e. The molecule has 4 nitrogen and oxygen atoms in total. The summed E-state index contributed by atoms with van der Waals surface area (Å²) in [7, 11) is 1.72. The van der Waals surface area contributed by atoms with Crippen molar-refractivity contribution in [1.29, 1.82) is 0 Å². The Bertz CT molecular complexity index is 926. The molecule has 4 heteroatoms. The van der Waals surface area contributed by atoms with Gasteiger partial charge < -0.3 is 15.4 Å². The second-order valence-electron chi connectivity index (χ2n) is 8.72. The van der Waals surface area contributed by atoms with Crippen molar-refractivity contribution in [3.8, 4) is 5.75 Å². The van der Waals surface area contributed by atoms with Gasteiger partial charge in [0.15, 0.2) is 0 Å². The zero-order chi connectivity index (χ0) is 19.9. The van der Waals surface area contributed by atoms with Crippen molar-refractivity contribution in [3.63, 3.8) is 0 Å². The molecule has 146 valence electrons. The summed E-state index contributed by atoms with van der Waals surface area (Å²) in [5, 5.41) is 6.78. The molecule has 2 N–H and O–H groups in total. The predicted molar refractivity (Wildman–Crippen MR) is 113 cm³/mol. The first-order valence-corrected chi connectivity index (χ1v) is 9.90. The second kappa shape index (κ2) is 7.01. The Balaban J connectivity index is 1.70. The van der Waals surface area contributed by atoms with E-state index in [1.54, 1.807) is 7.11 Å². The van der Waals surface area contributed by atoms with Crippen molar-refractivity contribution in [1.82, 2.24) is 5.32 Å². The van der Waals surface area contributed by atoms with Gasteiger partial charge in [-0.1, -0.05) is 30.4 Å². The molecule has 0 radical (unpaired) electrons. The molecule has 2 aromatic rings. The van der Waals surface area contributed by atoms with Crippen LogP contribution in [0.5, 0.6) is 5.75 Å². The number of rotatable bonds is 3. The highest BCUT2D eigenvalue weighted by Gasteiger charge is 2.39. The number of amides is 1. The summed E-state index contributed by atoms with van der Waals surface area (Å²) in [6.07, 6.45) is 5.56. The SMILES string of the molecule is COc1ccccc1C1Nc2ccc(C(=O)NC(C)(C)C)cc2C2C=CCC21. The molecule has 2 aromatic carbocycles. The van der Waals surface area contributed by atoms with Crippen LogP contribution >= 0.6 is 0 Å². The van der Waals surface area contributed by atoms with Crippen molar-refractivity contribution in [2.75, 3.05) is 12.4 Å². The first kappa shape index (κ1) is 18.6. The zero-order valence-corrected chi connectivity index (χ0v) is 17.0. The monoisotopic (exact) mass is 376 g/mol. The van der Waals surface area contributed by atoms with Gasteiger partial charge in [-0.05, 0) is 62.9 Å². The second-order valence-corrected chi connectivity index (χ2v) is 8.72. The van der Waals surface area contributed by atoms with Gasteiger partial charge in [0.2, 0.25) is 0 Å². The number of anilines is 1. The van der Waals surface area contributed by atoms with Crippen LogP contribution in [0, 0.1) is 5.92 Å². The summed E-state index contributed by atoms with van der Waals surface area (Å²) in [6, 6.07) is 14.4. The first-order valence-electron chi connectivity index (χ1n) is 9.90. The van der Waals surface area contributed by atoms with E-state index in [2.05, 4.69) is 41.0 Å². The number of carbonyl (C=O) groups is 1. The fourth-order valence-electron chi connectivity index (χ4n) is 4.38. The van der Waals surface area contributed by atoms with Crippen molar-refractivity contribution in [3.05, 3.63) is 71.3 Å². The van der Waals surface area contributed by atoms with E-state index < -0.39 is 0 Å². The normalized spacial score (nSPS) is 22.8. The molecule has 4 rings (SSSR count). The lowest BCUT2D eigenvalue weighted by Crippen LogP contribution is -2.40. The van der Waals surface area contributed by atoms with Crippen molar-refractivity contribution >= 4 is 11.6 Å². The maximum Gasteiger partial charge on any atom is 0.251 e. The molecule has 0 aromatic heterocycles. The molecule has 1 amide bonds. The van der Waals surface area contributed by atoms with Gasteiger partial charge in [0.1, 0.15) is 5.75 Å². The zero-order valence-electron chi connectivity index (χ0n) is 17.0. The van der Waals surface area contributed by atoms with E-state index in [1.165, 1.54) is 11.1 Å². The minimum atomic E-state index is -0.254. The molecule has 28 heavy (non-hydrogen) atoms. The Morgan fingerprint density at radius 2 is 1.93 bits per heavy atom. The summed E-state index contributed by atoms with van der Waals surface area (Å²) in [4.78, 5) is 12.6. The molecule has 1 heterocycles. The lowest BCUT2D eigenvalue weighted by molar-refractivity contribution is 0.0919. The number of para-hydroxylation sites is 1. The van der Waals surface area contributed by atoms with Crippen LogP contribution in [0.4, 0.5) is 5.69 Å². The van der Waals surface area contributed by atoms with E-state index in [0.717, 1.165) is 17.9 Å². The van der Waals surface area contributed by atoms with E-state index in [9.17, 15) is 4.79 Å². The number of carbonyl (C=O) groups excluding carboxylic acids is 1. The number of fused-ring (bicyclic) bond motifs is 3. The molecule has 0 saturated carbocycles. The largest absolute Gasteiger partial charge is 0.496 e. The third-order valence-corrected chi connectivity index (χ3v) is 5.59. The molecule has 3 atom stereocenters. The fourth-order valence-corrected chi connectivity index (χ4v) is 4.38. The number of benzene rings is 2. The number of nitrogens with one attached hydrogen (secondary N) is 2. The van der Waals surface area contributed by atoms with Crippen LogP contribution in [0.25, 0.3) is 0 Å². The summed E-state index contributed by atoms with van der Waals surface area (Å²) in [6.45, 7) is 6.00. The molecule has 0 saturated heterocycles. The van der Waals surface area contributed by atoms with Gasteiger partial charge in [0.05, 0.1) is 13.2 Å². The van der Waals surface area contributed by atoms with Crippen LogP contribution < -0.4 is 15.4 Å². The maximum absolute atomic E-state index is 12.6. The molecular formula is C24H28N2O2. The van der Waals surface area contributed by atoms with Crippen molar-refractivity contribution in [2.24, 2.45) is 5.92 Å². The average molecular weight is 377 g/mol. The van der Waals surface area contributed by atoms with Gasteiger partial charge in [-0.3, -0.25) is 4.79 Å². The Hall–Kier alpha value is -2.75. The van der Waals surface area contributed by atoms with Gasteiger partial charge in [-0.15, -0.1) is 0 Å². The van der Waals surface area contributed by atoms with Crippen LogP contribution in [-0.4, -0.2) is 18.6 Å². The van der Waals surface area contributed by atoms with E-state index >= 15 is 0 Å². The molecule has 0 spiro atoms. The van der Waals surface area contributed by atoms with Gasteiger partial charge in [-0.2, -0.15) is 0 Å². The summed E-state index contributed by atoms with van der Waals surface area (Å²) < 4.78 is 5.62. The Kier molecular flexibility index (Phi) is 4.66. The number of hydrogen-bond acceptors (Lipinski definition) is 3. The number of ether oxygens (including phenoxy) is 1. The summed E-state index contributed by atoms with van der Waals surface area (Å²) >= 11 is 0. The van der Waals surface area contributed by atoms with Gasteiger partial charge in [0.25, 0.3) is 5.91 Å². The van der Waals surface area contributed by atoms with Gasteiger partial charge >= 0.3 is 0 Å². The van der Waals surface area contributed by atoms with Crippen LogP contribution in [0.2, 0.25) is 0 Å². The third kappa shape index (κ3) is 3.39. The molecule has 1 aliphatic heterocycles. The molecule has 0 fully saturated rings. The van der Waals surface area contributed by atoms with Gasteiger partial charge in [0, 0.05) is 28.3 Å². The fraction of sp³-hybridized carbons (Fsp3) is 0.375. The van der Waals surface area contributed by atoms with Crippen LogP contribution in [0.15, 0.2) is 54.6 Å². The number of hydrogen-bond donors (Lipinski definition) is 2. The van der Waals surface area contributed by atoms with Crippen LogP contribution in [0.3, 0.4) is 0 Å². The maximum atomic E-state index is 12.6. The van der Waals surface area contributed by atoms with E-state index in [1.807, 2.05) is 45.0 Å². The van der Waals surface area contributed by atoms with E-state index in [4.69, 9.17) is 4.74 Å². The average Bonchev–Trinajstić information content (AvgIpc) is 3.15.